The molecule has 0 saturated heterocycles. The number of rotatable bonds is 4. The van der Waals surface area contributed by atoms with Gasteiger partial charge in [0.2, 0.25) is 0 Å². The molecular formula is C14H20BrN. The first-order valence-electron chi connectivity index (χ1n) is 6.14. The van der Waals surface area contributed by atoms with Crippen molar-refractivity contribution in [1.29, 1.82) is 0 Å². The summed E-state index contributed by atoms with van der Waals surface area (Å²) in [5.41, 5.74) is 2.72. The van der Waals surface area contributed by atoms with Crippen LogP contribution >= 0.6 is 15.9 Å². The summed E-state index contributed by atoms with van der Waals surface area (Å²) < 4.78 is 1.22. The molecule has 1 saturated carbocycles. The zero-order chi connectivity index (χ0) is 11.5. The second-order valence-corrected chi connectivity index (χ2v) is 5.74. The first kappa shape index (κ1) is 12.1. The maximum Gasteiger partial charge on any atom is 0.0320 e. The molecule has 16 heavy (non-hydrogen) atoms. The Morgan fingerprint density at radius 2 is 2.19 bits per heavy atom. The third kappa shape index (κ3) is 2.67. The van der Waals surface area contributed by atoms with Gasteiger partial charge in [-0.05, 0) is 43.5 Å². The Hall–Kier alpha value is -0.340. The molecule has 2 heteroatoms. The molecule has 1 aliphatic carbocycles. The van der Waals surface area contributed by atoms with Crippen LogP contribution in [0.3, 0.4) is 0 Å². The van der Waals surface area contributed by atoms with Crippen LogP contribution in [-0.2, 0) is 0 Å². The van der Waals surface area contributed by atoms with Crippen LogP contribution in [-0.4, -0.2) is 7.05 Å². The van der Waals surface area contributed by atoms with Gasteiger partial charge in [0.25, 0.3) is 0 Å². The Bertz CT molecular complexity index is 358. The summed E-state index contributed by atoms with van der Waals surface area (Å²) in [6.07, 6.45) is 5.56. The number of hydrogen-bond acceptors (Lipinski definition) is 1. The molecule has 0 aliphatic heterocycles. The second kappa shape index (κ2) is 5.33. The van der Waals surface area contributed by atoms with Crippen LogP contribution in [0.2, 0.25) is 0 Å². The van der Waals surface area contributed by atoms with Gasteiger partial charge in [-0.2, -0.15) is 0 Å². The maximum atomic E-state index is 3.61. The van der Waals surface area contributed by atoms with Crippen molar-refractivity contribution >= 4 is 15.9 Å². The Labute approximate surface area is 107 Å². The smallest absolute Gasteiger partial charge is 0.0320 e. The van der Waals surface area contributed by atoms with Gasteiger partial charge in [0.05, 0.1) is 0 Å². The van der Waals surface area contributed by atoms with Crippen LogP contribution in [0.5, 0.6) is 0 Å². The van der Waals surface area contributed by atoms with Gasteiger partial charge in [-0.1, -0.05) is 47.3 Å². The highest BCUT2D eigenvalue weighted by Crippen LogP contribution is 2.35. The number of halogens is 1. The van der Waals surface area contributed by atoms with Crippen molar-refractivity contribution in [2.45, 2.75) is 38.6 Å². The average Bonchev–Trinajstić information content (AvgIpc) is 2.21. The Morgan fingerprint density at radius 1 is 1.44 bits per heavy atom. The lowest BCUT2D eigenvalue weighted by Crippen LogP contribution is -2.23. The molecule has 0 spiro atoms. The lowest BCUT2D eigenvalue weighted by molar-refractivity contribution is 0.265. The summed E-state index contributed by atoms with van der Waals surface area (Å²) in [5, 5.41) is 3.44. The number of aryl methyl sites for hydroxylation is 1. The molecule has 0 radical (unpaired) electrons. The molecule has 1 nitrogen and oxygen atoms in total. The summed E-state index contributed by atoms with van der Waals surface area (Å²) in [6.45, 7) is 2.13. The van der Waals surface area contributed by atoms with E-state index < -0.39 is 0 Å². The van der Waals surface area contributed by atoms with Crippen molar-refractivity contribution in [3.8, 4) is 0 Å². The van der Waals surface area contributed by atoms with Crippen molar-refractivity contribution < 1.29 is 0 Å². The molecule has 88 valence electrons. The van der Waals surface area contributed by atoms with Gasteiger partial charge in [-0.25, -0.2) is 0 Å². The molecule has 0 aromatic heterocycles. The van der Waals surface area contributed by atoms with E-state index in [1.165, 1.54) is 41.3 Å². The highest BCUT2D eigenvalue weighted by Gasteiger charge is 2.22. The predicted molar refractivity (Wildman–Crippen MR) is 72.6 cm³/mol. The Morgan fingerprint density at radius 3 is 2.69 bits per heavy atom. The number of nitrogens with one attached hydrogen (secondary N) is 1. The van der Waals surface area contributed by atoms with Gasteiger partial charge in [-0.15, -0.1) is 0 Å². The quantitative estimate of drug-likeness (QED) is 0.872. The molecule has 1 aromatic carbocycles. The summed E-state index contributed by atoms with van der Waals surface area (Å²) in [6, 6.07) is 7.22. The zero-order valence-corrected chi connectivity index (χ0v) is 11.7. The summed E-state index contributed by atoms with van der Waals surface area (Å²) in [7, 11) is 2.07. The van der Waals surface area contributed by atoms with Crippen molar-refractivity contribution in [2.75, 3.05) is 7.05 Å². The van der Waals surface area contributed by atoms with E-state index in [9.17, 15) is 0 Å². The van der Waals surface area contributed by atoms with E-state index in [4.69, 9.17) is 0 Å². The van der Waals surface area contributed by atoms with Crippen molar-refractivity contribution in [3.05, 3.63) is 33.8 Å². The van der Waals surface area contributed by atoms with E-state index in [-0.39, 0.29) is 0 Å². The highest BCUT2D eigenvalue weighted by atomic mass is 79.9. The standard InChI is InChI=1S/C14H20BrN/c1-10-6-7-12(9-13(10)15)14(16-2)8-11-4-3-5-11/h6-7,9,11,14,16H,3-5,8H2,1-2H3. The fourth-order valence-electron chi connectivity index (χ4n) is 2.31. The Kier molecular flexibility index (Phi) is 4.04. The monoisotopic (exact) mass is 281 g/mol. The van der Waals surface area contributed by atoms with Gasteiger partial charge < -0.3 is 5.32 Å². The normalized spacial score (nSPS) is 18.2. The molecule has 1 unspecified atom stereocenters. The fraction of sp³-hybridized carbons (Fsp3) is 0.571. The first-order valence-corrected chi connectivity index (χ1v) is 6.93. The van der Waals surface area contributed by atoms with E-state index >= 15 is 0 Å². The van der Waals surface area contributed by atoms with E-state index in [1.54, 1.807) is 0 Å². The maximum absolute atomic E-state index is 3.61. The van der Waals surface area contributed by atoms with Crippen molar-refractivity contribution in [3.63, 3.8) is 0 Å². The molecule has 1 aromatic rings. The first-order chi connectivity index (χ1) is 7.70. The third-order valence-corrected chi connectivity index (χ3v) is 4.59. The van der Waals surface area contributed by atoms with Gasteiger partial charge in [0.1, 0.15) is 0 Å². The minimum atomic E-state index is 0.516. The van der Waals surface area contributed by atoms with E-state index in [1.807, 2.05) is 0 Å². The van der Waals surface area contributed by atoms with Crippen molar-refractivity contribution in [1.82, 2.24) is 5.32 Å². The van der Waals surface area contributed by atoms with Gasteiger partial charge in [-0.3, -0.25) is 0 Å². The molecule has 0 bridgehead atoms. The van der Waals surface area contributed by atoms with Crippen LogP contribution in [0, 0.1) is 12.8 Å². The molecule has 1 fully saturated rings. The summed E-state index contributed by atoms with van der Waals surface area (Å²) in [5.74, 6) is 0.942. The topological polar surface area (TPSA) is 12.0 Å². The number of hydrogen-bond donors (Lipinski definition) is 1. The molecule has 1 aliphatic rings. The lowest BCUT2D eigenvalue weighted by atomic mass is 9.79. The molecule has 0 amide bonds. The van der Waals surface area contributed by atoms with Crippen LogP contribution < -0.4 is 5.32 Å². The largest absolute Gasteiger partial charge is 0.313 e. The average molecular weight is 282 g/mol. The summed E-state index contributed by atoms with van der Waals surface area (Å²) >= 11 is 3.61. The minimum Gasteiger partial charge on any atom is -0.313 e. The predicted octanol–water partition coefficient (Wildman–Crippen LogP) is 4.21. The van der Waals surface area contributed by atoms with E-state index in [2.05, 4.69) is 53.4 Å². The highest BCUT2D eigenvalue weighted by molar-refractivity contribution is 9.10. The van der Waals surface area contributed by atoms with Crippen LogP contribution in [0.25, 0.3) is 0 Å². The Balaban J connectivity index is 2.09. The molecule has 0 heterocycles. The van der Waals surface area contributed by atoms with Gasteiger partial charge >= 0.3 is 0 Å². The van der Waals surface area contributed by atoms with Gasteiger partial charge in [0.15, 0.2) is 0 Å². The fourth-order valence-corrected chi connectivity index (χ4v) is 2.70. The SMILES string of the molecule is CNC(CC1CCC1)c1ccc(C)c(Br)c1. The van der Waals surface area contributed by atoms with Crippen molar-refractivity contribution in [2.24, 2.45) is 5.92 Å². The second-order valence-electron chi connectivity index (χ2n) is 4.88. The zero-order valence-electron chi connectivity index (χ0n) is 10.1. The minimum absolute atomic E-state index is 0.516. The van der Waals surface area contributed by atoms with Gasteiger partial charge in [0, 0.05) is 10.5 Å². The van der Waals surface area contributed by atoms with E-state index in [0.717, 1.165) is 5.92 Å². The molecular weight excluding hydrogens is 262 g/mol. The van der Waals surface area contributed by atoms with Crippen LogP contribution in [0.15, 0.2) is 22.7 Å². The van der Waals surface area contributed by atoms with Crippen LogP contribution in [0.1, 0.15) is 42.9 Å². The molecule has 2 rings (SSSR count). The van der Waals surface area contributed by atoms with E-state index in [0.29, 0.717) is 6.04 Å². The summed E-state index contributed by atoms with van der Waals surface area (Å²) in [4.78, 5) is 0. The lowest BCUT2D eigenvalue weighted by Gasteiger charge is -2.30. The third-order valence-electron chi connectivity index (χ3n) is 3.74. The molecule has 1 atom stereocenters. The molecule has 1 N–H and O–H groups in total. The number of benzene rings is 1. The van der Waals surface area contributed by atoms with Crippen LogP contribution in [0.4, 0.5) is 0 Å².